The van der Waals surface area contributed by atoms with E-state index in [4.69, 9.17) is 10.5 Å². The van der Waals surface area contributed by atoms with Crippen LogP contribution in [0.3, 0.4) is 0 Å². The maximum Gasteiger partial charge on any atom is 0.141 e. The molecule has 0 bridgehead atoms. The maximum atomic E-state index is 5.46. The third-order valence-corrected chi connectivity index (χ3v) is 1.55. The van der Waals surface area contributed by atoms with E-state index in [-0.39, 0.29) is 0 Å². The van der Waals surface area contributed by atoms with Crippen LogP contribution in [0, 0.1) is 0 Å². The number of nitrogens with zero attached hydrogens (tertiary/aromatic N) is 1. The molecule has 0 radical (unpaired) electrons. The lowest BCUT2D eigenvalue weighted by Gasteiger charge is -1.96. The minimum atomic E-state index is 0.573. The van der Waals surface area contributed by atoms with Crippen LogP contribution in [0.4, 0.5) is 5.82 Å². The first-order valence-electron chi connectivity index (χ1n) is 3.24. The largest absolute Gasteiger partial charge is 0.491 e. The number of nitrogen functional groups attached to an aromatic ring is 1. The fraction of sp³-hybridized carbons (Fsp3) is 0.286. The molecule has 2 heterocycles. The van der Waals surface area contributed by atoms with Gasteiger partial charge in [0, 0.05) is 6.42 Å². The van der Waals surface area contributed by atoms with Crippen molar-refractivity contribution in [1.82, 2.24) is 4.98 Å². The average Bonchev–Trinajstić information content (AvgIpc) is 2.33. The lowest BCUT2D eigenvalue weighted by Crippen LogP contribution is -1.91. The number of ether oxygens (including phenoxy) is 1. The molecule has 0 atom stereocenters. The Balaban J connectivity index is 2.52. The van der Waals surface area contributed by atoms with Gasteiger partial charge in [0.1, 0.15) is 11.6 Å². The van der Waals surface area contributed by atoms with Gasteiger partial charge in [-0.1, -0.05) is 0 Å². The molecule has 0 aromatic carbocycles. The van der Waals surface area contributed by atoms with E-state index in [2.05, 4.69) is 4.98 Å². The number of pyridine rings is 1. The number of aromatic nitrogens is 1. The fourth-order valence-electron chi connectivity index (χ4n) is 1.07. The van der Waals surface area contributed by atoms with Crippen molar-refractivity contribution in [3.05, 3.63) is 17.8 Å². The molecule has 0 unspecified atom stereocenters. The molecular formula is C7H8N2O. The van der Waals surface area contributed by atoms with Gasteiger partial charge in [0.25, 0.3) is 0 Å². The summed E-state index contributed by atoms with van der Waals surface area (Å²) in [6, 6.07) is 3.62. The molecule has 1 aliphatic rings. The molecule has 0 spiro atoms. The molecule has 3 heteroatoms. The highest BCUT2D eigenvalue weighted by atomic mass is 16.5. The first-order valence-corrected chi connectivity index (χ1v) is 3.24. The molecule has 0 fully saturated rings. The molecular weight excluding hydrogens is 128 g/mol. The number of anilines is 1. The third-order valence-electron chi connectivity index (χ3n) is 1.55. The van der Waals surface area contributed by atoms with Crippen molar-refractivity contribution in [1.29, 1.82) is 0 Å². The second-order valence-electron chi connectivity index (χ2n) is 2.28. The Bertz CT molecular complexity index is 260. The summed E-state index contributed by atoms with van der Waals surface area (Å²) < 4.78 is 5.24. The smallest absolute Gasteiger partial charge is 0.141 e. The van der Waals surface area contributed by atoms with Crippen molar-refractivity contribution in [3.63, 3.8) is 0 Å². The Labute approximate surface area is 58.8 Å². The van der Waals surface area contributed by atoms with Crippen molar-refractivity contribution >= 4 is 5.82 Å². The van der Waals surface area contributed by atoms with E-state index < -0.39 is 0 Å². The normalized spacial score (nSPS) is 14.4. The molecule has 52 valence electrons. The highest BCUT2D eigenvalue weighted by molar-refractivity contribution is 5.39. The summed E-state index contributed by atoms with van der Waals surface area (Å²) in [5, 5.41) is 0. The van der Waals surface area contributed by atoms with Crippen LogP contribution in [0.15, 0.2) is 12.1 Å². The quantitative estimate of drug-likeness (QED) is 0.568. The lowest BCUT2D eigenvalue weighted by atomic mass is 10.3. The summed E-state index contributed by atoms with van der Waals surface area (Å²) in [4.78, 5) is 4.11. The Morgan fingerprint density at radius 2 is 2.40 bits per heavy atom. The minimum absolute atomic E-state index is 0.573. The molecule has 2 rings (SSSR count). The van der Waals surface area contributed by atoms with E-state index in [0.717, 1.165) is 24.5 Å². The van der Waals surface area contributed by atoms with Gasteiger partial charge in [-0.05, 0) is 12.1 Å². The van der Waals surface area contributed by atoms with Gasteiger partial charge in [-0.25, -0.2) is 4.98 Å². The third kappa shape index (κ3) is 0.708. The molecule has 1 aliphatic heterocycles. The summed E-state index contributed by atoms with van der Waals surface area (Å²) in [6.07, 6.45) is 0.889. The van der Waals surface area contributed by atoms with Gasteiger partial charge in [0.2, 0.25) is 0 Å². The van der Waals surface area contributed by atoms with E-state index in [1.807, 2.05) is 6.07 Å². The van der Waals surface area contributed by atoms with Gasteiger partial charge < -0.3 is 10.5 Å². The fourth-order valence-corrected chi connectivity index (χ4v) is 1.07. The average molecular weight is 136 g/mol. The second kappa shape index (κ2) is 1.87. The minimum Gasteiger partial charge on any atom is -0.491 e. The van der Waals surface area contributed by atoms with Crippen LogP contribution in [-0.4, -0.2) is 11.6 Å². The lowest BCUT2D eigenvalue weighted by molar-refractivity contribution is 0.357. The zero-order chi connectivity index (χ0) is 6.97. The summed E-state index contributed by atoms with van der Waals surface area (Å²) >= 11 is 0. The van der Waals surface area contributed by atoms with Crippen molar-refractivity contribution in [2.24, 2.45) is 0 Å². The van der Waals surface area contributed by atoms with Crippen LogP contribution >= 0.6 is 0 Å². The molecule has 3 nitrogen and oxygen atoms in total. The van der Waals surface area contributed by atoms with Crippen LogP contribution in [-0.2, 0) is 6.42 Å². The second-order valence-corrected chi connectivity index (χ2v) is 2.28. The number of rotatable bonds is 0. The van der Waals surface area contributed by atoms with Crippen molar-refractivity contribution < 1.29 is 4.74 Å². The monoisotopic (exact) mass is 136 g/mol. The number of nitrogens with two attached hydrogens (primary N) is 1. The molecule has 2 N–H and O–H groups in total. The molecule has 1 aromatic rings. The predicted octanol–water partition coefficient (Wildman–Crippen LogP) is 0.599. The first kappa shape index (κ1) is 5.53. The maximum absolute atomic E-state index is 5.46. The zero-order valence-electron chi connectivity index (χ0n) is 5.50. The Kier molecular flexibility index (Phi) is 1.03. The molecule has 1 aromatic heterocycles. The number of fused-ring (bicyclic) bond motifs is 1. The Morgan fingerprint density at radius 3 is 3.30 bits per heavy atom. The van der Waals surface area contributed by atoms with Crippen molar-refractivity contribution in [2.75, 3.05) is 12.3 Å². The van der Waals surface area contributed by atoms with E-state index in [1.54, 1.807) is 6.07 Å². The Morgan fingerprint density at radius 1 is 1.50 bits per heavy atom. The van der Waals surface area contributed by atoms with Gasteiger partial charge in [-0.3, -0.25) is 0 Å². The number of hydrogen-bond acceptors (Lipinski definition) is 3. The molecule has 0 saturated heterocycles. The van der Waals surface area contributed by atoms with Crippen LogP contribution in [0.1, 0.15) is 5.69 Å². The predicted molar refractivity (Wildman–Crippen MR) is 37.8 cm³/mol. The summed E-state index contributed by atoms with van der Waals surface area (Å²) in [7, 11) is 0. The first-order chi connectivity index (χ1) is 4.86. The molecule has 0 amide bonds. The molecule has 0 saturated carbocycles. The summed E-state index contributed by atoms with van der Waals surface area (Å²) in [5.74, 6) is 1.46. The molecule has 0 aliphatic carbocycles. The van der Waals surface area contributed by atoms with E-state index in [9.17, 15) is 0 Å². The highest BCUT2D eigenvalue weighted by Crippen LogP contribution is 2.23. The van der Waals surface area contributed by atoms with E-state index in [1.165, 1.54) is 0 Å². The van der Waals surface area contributed by atoms with Crippen LogP contribution < -0.4 is 10.5 Å². The van der Waals surface area contributed by atoms with Crippen LogP contribution in [0.2, 0.25) is 0 Å². The van der Waals surface area contributed by atoms with Crippen molar-refractivity contribution in [3.8, 4) is 5.75 Å². The molecule has 10 heavy (non-hydrogen) atoms. The van der Waals surface area contributed by atoms with Crippen LogP contribution in [0.5, 0.6) is 5.75 Å². The zero-order valence-corrected chi connectivity index (χ0v) is 5.50. The highest BCUT2D eigenvalue weighted by Gasteiger charge is 2.12. The van der Waals surface area contributed by atoms with E-state index >= 15 is 0 Å². The van der Waals surface area contributed by atoms with Gasteiger partial charge in [0.05, 0.1) is 12.3 Å². The van der Waals surface area contributed by atoms with E-state index in [0.29, 0.717) is 5.82 Å². The topological polar surface area (TPSA) is 48.1 Å². The van der Waals surface area contributed by atoms with Gasteiger partial charge >= 0.3 is 0 Å². The van der Waals surface area contributed by atoms with Crippen molar-refractivity contribution in [2.45, 2.75) is 6.42 Å². The SMILES string of the molecule is Nc1ccc2c(n1)CCO2. The standard InChI is InChI=1S/C7H8N2O/c8-7-2-1-6-5(9-7)3-4-10-6/h1-2H,3-4H2,(H2,8,9). The summed E-state index contributed by atoms with van der Waals surface area (Å²) in [5.41, 5.74) is 6.45. The number of hydrogen-bond donors (Lipinski definition) is 1. The van der Waals surface area contributed by atoms with Crippen LogP contribution in [0.25, 0.3) is 0 Å². The Hall–Kier alpha value is -1.25. The van der Waals surface area contributed by atoms with Gasteiger partial charge in [0.15, 0.2) is 0 Å². The van der Waals surface area contributed by atoms with Gasteiger partial charge in [-0.15, -0.1) is 0 Å². The summed E-state index contributed by atoms with van der Waals surface area (Å²) in [6.45, 7) is 0.742. The van der Waals surface area contributed by atoms with Gasteiger partial charge in [-0.2, -0.15) is 0 Å².